The van der Waals surface area contributed by atoms with E-state index in [0.29, 0.717) is 17.9 Å². The molecule has 0 radical (unpaired) electrons. The highest BCUT2D eigenvalue weighted by Gasteiger charge is 2.39. The second kappa shape index (κ2) is 10.0. The first-order valence-corrected chi connectivity index (χ1v) is 12.4. The third-order valence-corrected chi connectivity index (χ3v) is 7.91. The van der Waals surface area contributed by atoms with Gasteiger partial charge in [0.25, 0.3) is 0 Å². The van der Waals surface area contributed by atoms with E-state index in [-0.39, 0.29) is 0 Å². The Morgan fingerprint density at radius 3 is 1.91 bits per heavy atom. The number of rotatable bonds is 6. The van der Waals surface area contributed by atoms with Gasteiger partial charge in [0.05, 0.1) is 0 Å². The summed E-state index contributed by atoms with van der Waals surface area (Å²) in [6, 6.07) is 34.0. The number of benzene rings is 3. The lowest BCUT2D eigenvalue weighted by molar-refractivity contribution is 0.115. The van der Waals surface area contributed by atoms with Gasteiger partial charge in [0, 0.05) is 31.6 Å². The first kappa shape index (κ1) is 21.4. The molecule has 32 heavy (non-hydrogen) atoms. The van der Waals surface area contributed by atoms with Crippen LogP contribution in [0.2, 0.25) is 0 Å². The van der Waals surface area contributed by atoms with E-state index in [1.54, 1.807) is 0 Å². The van der Waals surface area contributed by atoms with Crippen LogP contribution in [0.1, 0.15) is 48.3 Å². The highest BCUT2D eigenvalue weighted by molar-refractivity contribution is 5.24. The number of likely N-dealkylation sites (tertiary alicyclic amines) is 2. The van der Waals surface area contributed by atoms with Crippen molar-refractivity contribution in [2.24, 2.45) is 5.92 Å². The maximum Gasteiger partial charge on any atom is 0.0234 e. The summed E-state index contributed by atoms with van der Waals surface area (Å²) in [6.07, 6.45) is 2.57. The second-order valence-electron chi connectivity index (χ2n) is 9.82. The van der Waals surface area contributed by atoms with Gasteiger partial charge >= 0.3 is 0 Å². The van der Waals surface area contributed by atoms with Crippen molar-refractivity contribution in [3.63, 3.8) is 0 Å². The molecule has 2 fully saturated rings. The van der Waals surface area contributed by atoms with E-state index < -0.39 is 0 Å². The van der Waals surface area contributed by atoms with Gasteiger partial charge in [-0.3, -0.25) is 4.90 Å². The third-order valence-electron chi connectivity index (χ3n) is 7.91. The fourth-order valence-electron chi connectivity index (χ4n) is 6.06. The molecule has 0 saturated carbocycles. The van der Waals surface area contributed by atoms with E-state index >= 15 is 0 Å². The van der Waals surface area contributed by atoms with Crippen LogP contribution in [-0.2, 0) is 6.54 Å². The lowest BCUT2D eigenvalue weighted by Crippen LogP contribution is -2.45. The Labute approximate surface area is 193 Å². The molecule has 0 amide bonds. The average molecular weight is 425 g/mol. The van der Waals surface area contributed by atoms with E-state index in [1.807, 2.05) is 0 Å². The monoisotopic (exact) mass is 424 g/mol. The van der Waals surface area contributed by atoms with E-state index in [2.05, 4.69) is 108 Å². The summed E-state index contributed by atoms with van der Waals surface area (Å²) in [6.45, 7) is 8.34. The van der Waals surface area contributed by atoms with E-state index in [4.69, 9.17) is 0 Å². The van der Waals surface area contributed by atoms with Crippen LogP contribution in [0.3, 0.4) is 0 Å². The lowest BCUT2D eigenvalue weighted by Gasteiger charge is -2.40. The van der Waals surface area contributed by atoms with E-state index in [0.717, 1.165) is 19.0 Å². The van der Waals surface area contributed by atoms with Crippen molar-refractivity contribution in [1.29, 1.82) is 0 Å². The minimum absolute atomic E-state index is 0.609. The Hall–Kier alpha value is -2.42. The fourth-order valence-corrected chi connectivity index (χ4v) is 6.06. The van der Waals surface area contributed by atoms with Gasteiger partial charge in [-0.2, -0.15) is 0 Å². The summed E-state index contributed by atoms with van der Waals surface area (Å²) in [5.41, 5.74) is 4.47. The summed E-state index contributed by atoms with van der Waals surface area (Å²) in [5, 5.41) is 0. The average Bonchev–Trinajstić information content (AvgIpc) is 3.29. The molecule has 3 aromatic rings. The molecular formula is C30H36N2. The molecule has 2 aliphatic rings. The highest BCUT2D eigenvalue weighted by atomic mass is 15.2. The Morgan fingerprint density at radius 2 is 1.28 bits per heavy atom. The summed E-state index contributed by atoms with van der Waals surface area (Å²) < 4.78 is 0. The maximum atomic E-state index is 2.78. The molecule has 3 aromatic carbocycles. The number of hydrogen-bond donors (Lipinski definition) is 0. The van der Waals surface area contributed by atoms with E-state index in [9.17, 15) is 0 Å². The van der Waals surface area contributed by atoms with Crippen LogP contribution in [0.4, 0.5) is 0 Å². The van der Waals surface area contributed by atoms with Crippen LogP contribution in [0.15, 0.2) is 91.0 Å². The fraction of sp³-hybridized carbons (Fsp3) is 0.400. The van der Waals surface area contributed by atoms with E-state index in [1.165, 1.54) is 49.2 Å². The zero-order chi connectivity index (χ0) is 21.8. The Kier molecular flexibility index (Phi) is 6.71. The molecule has 2 heterocycles. The quantitative estimate of drug-likeness (QED) is 0.467. The van der Waals surface area contributed by atoms with Gasteiger partial charge in [-0.25, -0.2) is 0 Å². The van der Waals surface area contributed by atoms with Gasteiger partial charge in [-0.05, 0) is 61.4 Å². The second-order valence-corrected chi connectivity index (χ2v) is 9.82. The molecule has 2 heteroatoms. The number of hydrogen-bond acceptors (Lipinski definition) is 2. The number of piperidine rings is 1. The smallest absolute Gasteiger partial charge is 0.0234 e. The minimum atomic E-state index is 0.609. The summed E-state index contributed by atoms with van der Waals surface area (Å²) in [5.74, 6) is 2.01. The lowest BCUT2D eigenvalue weighted by atomic mass is 9.82. The normalized spacial score (nSPS) is 23.9. The molecule has 0 aliphatic carbocycles. The Balaban J connectivity index is 1.28. The van der Waals surface area contributed by atoms with Crippen molar-refractivity contribution in [3.05, 3.63) is 108 Å². The maximum absolute atomic E-state index is 2.78. The van der Waals surface area contributed by atoms with Crippen molar-refractivity contribution in [2.45, 2.75) is 44.2 Å². The van der Waals surface area contributed by atoms with Crippen molar-refractivity contribution in [2.75, 3.05) is 26.2 Å². The molecular weight excluding hydrogens is 388 g/mol. The molecule has 0 bridgehead atoms. The summed E-state index contributed by atoms with van der Waals surface area (Å²) in [4.78, 5) is 5.47. The third kappa shape index (κ3) is 4.82. The summed E-state index contributed by atoms with van der Waals surface area (Å²) >= 11 is 0. The Morgan fingerprint density at radius 1 is 0.719 bits per heavy atom. The number of nitrogens with zero attached hydrogens (tertiary/aromatic N) is 2. The van der Waals surface area contributed by atoms with Crippen LogP contribution in [0.5, 0.6) is 0 Å². The van der Waals surface area contributed by atoms with Gasteiger partial charge in [0.2, 0.25) is 0 Å². The molecule has 0 spiro atoms. The predicted octanol–water partition coefficient (Wildman–Crippen LogP) is 6.17. The molecule has 3 atom stereocenters. The SMILES string of the molecule is CC(C1CN(Cc2ccccc2)CC1c1ccccc1)N1CCC(c2ccccc2)CC1. The first-order chi connectivity index (χ1) is 15.8. The molecule has 0 aromatic heterocycles. The van der Waals surface area contributed by atoms with Gasteiger partial charge in [0.1, 0.15) is 0 Å². The molecule has 2 nitrogen and oxygen atoms in total. The topological polar surface area (TPSA) is 6.48 Å². The van der Waals surface area contributed by atoms with Crippen molar-refractivity contribution >= 4 is 0 Å². The van der Waals surface area contributed by atoms with Crippen LogP contribution < -0.4 is 0 Å². The molecule has 2 aliphatic heterocycles. The molecule has 5 rings (SSSR count). The van der Waals surface area contributed by atoms with Gasteiger partial charge in [-0.15, -0.1) is 0 Å². The predicted molar refractivity (Wildman–Crippen MR) is 134 cm³/mol. The molecule has 3 unspecified atom stereocenters. The zero-order valence-corrected chi connectivity index (χ0v) is 19.3. The molecule has 166 valence electrons. The first-order valence-electron chi connectivity index (χ1n) is 12.4. The van der Waals surface area contributed by atoms with Crippen molar-refractivity contribution < 1.29 is 0 Å². The Bertz CT molecular complexity index is 948. The molecule has 0 N–H and O–H groups in total. The standard InChI is InChI=1S/C30H36N2/c1-24(32-19-17-27(18-20-32)26-13-7-3-8-14-26)29-22-31(21-25-11-5-2-6-12-25)23-30(29)28-15-9-4-10-16-28/h2-16,24,27,29-30H,17-23H2,1H3. The van der Waals surface area contributed by atoms with Crippen LogP contribution in [0, 0.1) is 5.92 Å². The highest BCUT2D eigenvalue weighted by Crippen LogP contribution is 2.39. The largest absolute Gasteiger partial charge is 0.300 e. The minimum Gasteiger partial charge on any atom is -0.300 e. The van der Waals surface area contributed by atoms with Crippen molar-refractivity contribution in [1.82, 2.24) is 9.80 Å². The van der Waals surface area contributed by atoms with Crippen molar-refractivity contribution in [3.8, 4) is 0 Å². The van der Waals surface area contributed by atoms with Crippen LogP contribution in [0.25, 0.3) is 0 Å². The summed E-state index contributed by atoms with van der Waals surface area (Å²) in [7, 11) is 0. The van der Waals surface area contributed by atoms with Gasteiger partial charge in [0.15, 0.2) is 0 Å². The van der Waals surface area contributed by atoms with Crippen LogP contribution in [-0.4, -0.2) is 42.0 Å². The van der Waals surface area contributed by atoms with Crippen LogP contribution >= 0.6 is 0 Å². The zero-order valence-electron chi connectivity index (χ0n) is 19.3. The van der Waals surface area contributed by atoms with Gasteiger partial charge in [-0.1, -0.05) is 91.0 Å². The van der Waals surface area contributed by atoms with Gasteiger partial charge < -0.3 is 4.90 Å². The molecule has 2 saturated heterocycles.